The molecule has 20 heavy (non-hydrogen) atoms. The maximum atomic E-state index is 6.23. The highest BCUT2D eigenvalue weighted by Crippen LogP contribution is 2.33. The average Bonchev–Trinajstić information content (AvgIpc) is 2.74. The summed E-state index contributed by atoms with van der Waals surface area (Å²) in [7, 11) is 0. The quantitative estimate of drug-likeness (QED) is 0.857. The summed E-state index contributed by atoms with van der Waals surface area (Å²) in [4.78, 5) is 2.69. The molecule has 2 saturated heterocycles. The van der Waals surface area contributed by atoms with Crippen LogP contribution in [0.4, 0.5) is 0 Å². The van der Waals surface area contributed by atoms with Gasteiger partial charge in [0.1, 0.15) is 0 Å². The van der Waals surface area contributed by atoms with Gasteiger partial charge in [-0.2, -0.15) is 0 Å². The lowest BCUT2D eigenvalue weighted by molar-refractivity contribution is -0.0611. The number of hydrogen-bond acceptors (Lipinski definition) is 3. The van der Waals surface area contributed by atoms with Crippen molar-refractivity contribution < 1.29 is 4.74 Å². The van der Waals surface area contributed by atoms with Crippen LogP contribution in [-0.4, -0.2) is 47.3 Å². The van der Waals surface area contributed by atoms with Gasteiger partial charge in [0, 0.05) is 30.7 Å². The van der Waals surface area contributed by atoms with E-state index >= 15 is 0 Å². The highest BCUT2D eigenvalue weighted by Gasteiger charge is 2.43. The Balaban J connectivity index is 2.05. The zero-order valence-electron chi connectivity index (χ0n) is 14.4. The van der Waals surface area contributed by atoms with E-state index in [1.807, 2.05) is 0 Å². The largest absolute Gasteiger partial charge is 0.371 e. The second-order valence-electron chi connectivity index (χ2n) is 8.04. The molecule has 2 heterocycles. The zero-order valence-corrected chi connectivity index (χ0v) is 14.4. The molecular formula is C17H34N2O. The van der Waals surface area contributed by atoms with Crippen molar-refractivity contribution in [3.8, 4) is 0 Å². The normalized spacial score (nSPS) is 42.0. The van der Waals surface area contributed by atoms with Gasteiger partial charge < -0.3 is 10.1 Å². The van der Waals surface area contributed by atoms with Gasteiger partial charge >= 0.3 is 0 Å². The molecule has 2 fully saturated rings. The Morgan fingerprint density at radius 1 is 1.15 bits per heavy atom. The summed E-state index contributed by atoms with van der Waals surface area (Å²) in [6, 6.07) is 0. The Morgan fingerprint density at radius 3 is 2.35 bits per heavy atom. The van der Waals surface area contributed by atoms with Crippen molar-refractivity contribution in [1.29, 1.82) is 0 Å². The molecule has 3 unspecified atom stereocenters. The number of nitrogens with one attached hydrogen (secondary N) is 1. The Bertz CT molecular complexity index is 344. The molecule has 2 aliphatic heterocycles. The van der Waals surface area contributed by atoms with Gasteiger partial charge in [0.15, 0.2) is 0 Å². The first-order valence-electron chi connectivity index (χ1n) is 8.40. The minimum absolute atomic E-state index is 0.0787. The molecule has 2 aliphatic rings. The zero-order chi connectivity index (χ0) is 15.0. The van der Waals surface area contributed by atoms with Gasteiger partial charge in [-0.25, -0.2) is 0 Å². The molecule has 0 aromatic carbocycles. The van der Waals surface area contributed by atoms with Gasteiger partial charge in [-0.1, -0.05) is 13.8 Å². The lowest BCUT2D eigenvalue weighted by atomic mass is 9.85. The van der Waals surface area contributed by atoms with Crippen LogP contribution < -0.4 is 5.32 Å². The van der Waals surface area contributed by atoms with Crippen molar-refractivity contribution in [1.82, 2.24) is 10.2 Å². The van der Waals surface area contributed by atoms with E-state index in [4.69, 9.17) is 4.74 Å². The van der Waals surface area contributed by atoms with Crippen molar-refractivity contribution >= 4 is 0 Å². The molecule has 0 spiro atoms. The topological polar surface area (TPSA) is 24.5 Å². The fraction of sp³-hybridized carbons (Fsp3) is 1.00. The second kappa shape index (κ2) is 5.58. The molecule has 0 bridgehead atoms. The predicted molar refractivity (Wildman–Crippen MR) is 85.2 cm³/mol. The van der Waals surface area contributed by atoms with E-state index in [1.165, 1.54) is 25.7 Å². The molecule has 2 rings (SSSR count). The van der Waals surface area contributed by atoms with Crippen LogP contribution in [0.2, 0.25) is 0 Å². The third kappa shape index (κ3) is 3.37. The Kier molecular flexibility index (Phi) is 4.54. The minimum Gasteiger partial charge on any atom is -0.371 e. The standard InChI is InChI=1S/C17H34N2O/c1-7-16(5)13-19(17(6,8-2)12-18-16)11-14-9-10-15(3,4)20-14/h14,18H,7-13H2,1-6H3. The highest BCUT2D eigenvalue weighted by atomic mass is 16.5. The Labute approximate surface area is 125 Å². The molecule has 0 aromatic rings. The third-order valence-corrected chi connectivity index (χ3v) is 5.72. The van der Waals surface area contributed by atoms with Crippen LogP contribution in [0.1, 0.15) is 67.2 Å². The van der Waals surface area contributed by atoms with Crippen LogP contribution in [0.25, 0.3) is 0 Å². The van der Waals surface area contributed by atoms with Gasteiger partial charge in [-0.15, -0.1) is 0 Å². The first-order valence-corrected chi connectivity index (χ1v) is 8.40. The number of piperazine rings is 1. The lowest BCUT2D eigenvalue weighted by Crippen LogP contribution is -2.68. The van der Waals surface area contributed by atoms with Crippen molar-refractivity contribution in [2.45, 2.75) is 90.0 Å². The smallest absolute Gasteiger partial charge is 0.0710 e. The number of rotatable bonds is 4. The van der Waals surface area contributed by atoms with E-state index in [0.717, 1.165) is 19.6 Å². The van der Waals surface area contributed by atoms with E-state index in [9.17, 15) is 0 Å². The van der Waals surface area contributed by atoms with Crippen LogP contribution in [0.15, 0.2) is 0 Å². The van der Waals surface area contributed by atoms with E-state index in [2.05, 4.69) is 51.8 Å². The van der Waals surface area contributed by atoms with E-state index in [-0.39, 0.29) is 16.7 Å². The molecule has 0 amide bonds. The second-order valence-corrected chi connectivity index (χ2v) is 8.04. The summed E-state index contributed by atoms with van der Waals surface area (Å²) in [5, 5.41) is 3.78. The molecule has 3 nitrogen and oxygen atoms in total. The van der Waals surface area contributed by atoms with Crippen LogP contribution in [0.5, 0.6) is 0 Å². The van der Waals surface area contributed by atoms with Gasteiger partial charge in [0.25, 0.3) is 0 Å². The molecular weight excluding hydrogens is 248 g/mol. The molecule has 0 aromatic heterocycles. The first kappa shape index (κ1) is 16.3. The predicted octanol–water partition coefficient (Wildman–Crippen LogP) is 3.19. The Morgan fingerprint density at radius 2 is 1.85 bits per heavy atom. The molecule has 0 radical (unpaired) electrons. The first-order chi connectivity index (χ1) is 9.22. The van der Waals surface area contributed by atoms with E-state index in [0.29, 0.717) is 6.10 Å². The highest BCUT2D eigenvalue weighted by molar-refractivity contribution is 5.01. The van der Waals surface area contributed by atoms with Crippen LogP contribution >= 0.6 is 0 Å². The third-order valence-electron chi connectivity index (χ3n) is 5.72. The Hall–Kier alpha value is -0.120. The SMILES string of the molecule is CCC1(C)CN(CC2CCC(C)(C)O2)C(C)(CC)CN1. The molecule has 0 saturated carbocycles. The summed E-state index contributed by atoms with van der Waals surface area (Å²) in [5.41, 5.74) is 0.600. The van der Waals surface area contributed by atoms with Crippen LogP contribution in [0.3, 0.4) is 0 Å². The van der Waals surface area contributed by atoms with E-state index < -0.39 is 0 Å². The van der Waals surface area contributed by atoms with Gasteiger partial charge in [-0.3, -0.25) is 4.90 Å². The summed E-state index contributed by atoms with van der Waals surface area (Å²) >= 11 is 0. The van der Waals surface area contributed by atoms with Crippen LogP contribution in [0, 0.1) is 0 Å². The van der Waals surface area contributed by atoms with Crippen LogP contribution in [-0.2, 0) is 4.74 Å². The van der Waals surface area contributed by atoms with Crippen molar-refractivity contribution in [3.05, 3.63) is 0 Å². The maximum absolute atomic E-state index is 6.23. The average molecular weight is 282 g/mol. The summed E-state index contributed by atoms with van der Waals surface area (Å²) in [5.74, 6) is 0. The number of nitrogens with zero attached hydrogens (tertiary/aromatic N) is 1. The fourth-order valence-electron chi connectivity index (χ4n) is 3.51. The van der Waals surface area contributed by atoms with Gasteiger partial charge in [0.05, 0.1) is 11.7 Å². The summed E-state index contributed by atoms with van der Waals surface area (Å²) in [6.45, 7) is 17.1. The van der Waals surface area contributed by atoms with Gasteiger partial charge in [-0.05, 0) is 53.4 Å². The maximum Gasteiger partial charge on any atom is 0.0710 e. The van der Waals surface area contributed by atoms with Crippen molar-refractivity contribution in [2.24, 2.45) is 0 Å². The summed E-state index contributed by atoms with van der Waals surface area (Å²) < 4.78 is 6.23. The molecule has 118 valence electrons. The van der Waals surface area contributed by atoms with Gasteiger partial charge in [0.2, 0.25) is 0 Å². The minimum atomic E-state index is 0.0787. The molecule has 1 N–H and O–H groups in total. The number of ether oxygens (including phenoxy) is 1. The lowest BCUT2D eigenvalue weighted by Gasteiger charge is -2.52. The summed E-state index contributed by atoms with van der Waals surface area (Å²) in [6.07, 6.45) is 5.18. The van der Waals surface area contributed by atoms with Crippen molar-refractivity contribution in [2.75, 3.05) is 19.6 Å². The molecule has 0 aliphatic carbocycles. The fourth-order valence-corrected chi connectivity index (χ4v) is 3.51. The molecule has 3 atom stereocenters. The van der Waals surface area contributed by atoms with E-state index in [1.54, 1.807) is 0 Å². The molecule has 3 heteroatoms. The van der Waals surface area contributed by atoms with Crippen molar-refractivity contribution in [3.63, 3.8) is 0 Å². The monoisotopic (exact) mass is 282 g/mol. The number of hydrogen-bond donors (Lipinski definition) is 1.